The minimum atomic E-state index is -0.237. The zero-order chi connectivity index (χ0) is 16.2. The maximum atomic E-state index is 5.48. The van der Waals surface area contributed by atoms with Gasteiger partial charge < -0.3 is 18.6 Å². The van der Waals surface area contributed by atoms with Crippen LogP contribution >= 0.6 is 0 Å². The predicted octanol–water partition coefficient (Wildman–Crippen LogP) is 0.570. The summed E-state index contributed by atoms with van der Waals surface area (Å²) in [5.41, 5.74) is 3.98. The van der Waals surface area contributed by atoms with Crippen molar-refractivity contribution >= 4 is 25.2 Å². The van der Waals surface area contributed by atoms with Gasteiger partial charge in [-0.1, -0.05) is 36.1 Å². The van der Waals surface area contributed by atoms with Crippen molar-refractivity contribution in [3.8, 4) is 11.8 Å². The molecule has 2 aliphatic heterocycles. The topological polar surface area (TPSA) is 36.9 Å². The van der Waals surface area contributed by atoms with Gasteiger partial charge in [-0.2, -0.15) is 0 Å². The summed E-state index contributed by atoms with van der Waals surface area (Å²) in [4.78, 5) is 0. The van der Waals surface area contributed by atoms with Crippen molar-refractivity contribution in [2.75, 3.05) is 26.4 Å². The molecule has 4 rings (SSSR count). The van der Waals surface area contributed by atoms with Crippen LogP contribution in [0.25, 0.3) is 0 Å². The molecule has 24 heavy (non-hydrogen) atoms. The Bertz CT molecular complexity index is 674. The van der Waals surface area contributed by atoms with Crippen molar-refractivity contribution in [3.63, 3.8) is 0 Å². The summed E-state index contributed by atoms with van der Waals surface area (Å²) in [5, 5.41) is 0. The van der Waals surface area contributed by atoms with E-state index in [1.54, 1.807) is 0 Å². The normalized spacial score (nSPS) is 17.0. The standard InChI is InChI=1S/C18H16B2O4/c1(15-3-7-17(8-4-15)19-21-11-12-22-19)2-16-5-9-18(10-6-16)20-23-13-14-24-20/h3-10H,11-14H2. The highest BCUT2D eigenvalue weighted by molar-refractivity contribution is 6.62. The molecule has 0 atom stereocenters. The van der Waals surface area contributed by atoms with Gasteiger partial charge in [0.15, 0.2) is 0 Å². The first-order valence-corrected chi connectivity index (χ1v) is 8.07. The minimum absolute atomic E-state index is 0.237. The lowest BCUT2D eigenvalue weighted by Crippen LogP contribution is -2.31. The SMILES string of the molecule is C(#Cc1ccc(B2OCCO2)cc1)c1ccc(B2OCCO2)cc1. The summed E-state index contributed by atoms with van der Waals surface area (Å²) in [7, 11) is -0.473. The van der Waals surface area contributed by atoms with Gasteiger partial charge in [0.05, 0.1) is 26.4 Å². The van der Waals surface area contributed by atoms with Crippen LogP contribution in [0.5, 0.6) is 0 Å². The van der Waals surface area contributed by atoms with E-state index < -0.39 is 0 Å². The quantitative estimate of drug-likeness (QED) is 0.599. The second kappa shape index (κ2) is 7.25. The van der Waals surface area contributed by atoms with E-state index >= 15 is 0 Å². The van der Waals surface area contributed by atoms with Gasteiger partial charge in [0.25, 0.3) is 0 Å². The highest BCUT2D eigenvalue weighted by Crippen LogP contribution is 2.04. The molecule has 2 aromatic carbocycles. The van der Waals surface area contributed by atoms with E-state index in [1.165, 1.54) is 0 Å². The molecule has 0 spiro atoms. The molecule has 0 aromatic heterocycles. The summed E-state index contributed by atoms with van der Waals surface area (Å²) in [6.07, 6.45) is 0. The Balaban J connectivity index is 1.43. The molecule has 0 aliphatic carbocycles. The first-order valence-electron chi connectivity index (χ1n) is 8.07. The molecule has 2 aliphatic rings. The predicted molar refractivity (Wildman–Crippen MR) is 93.4 cm³/mol. The van der Waals surface area contributed by atoms with Crippen LogP contribution in [-0.4, -0.2) is 40.7 Å². The number of benzene rings is 2. The third-order valence-electron chi connectivity index (χ3n) is 3.96. The molecule has 0 amide bonds. The Morgan fingerprint density at radius 3 is 1.21 bits per heavy atom. The summed E-state index contributed by atoms with van der Waals surface area (Å²) in [5.74, 6) is 6.35. The fourth-order valence-electron chi connectivity index (χ4n) is 2.69. The van der Waals surface area contributed by atoms with Crippen LogP contribution in [-0.2, 0) is 18.6 Å². The lowest BCUT2D eigenvalue weighted by molar-refractivity contribution is 0.365. The Kier molecular flexibility index (Phi) is 4.68. The maximum Gasteiger partial charge on any atom is 0.494 e. The Morgan fingerprint density at radius 1 is 0.542 bits per heavy atom. The monoisotopic (exact) mass is 318 g/mol. The molecule has 0 radical (unpaired) electrons. The van der Waals surface area contributed by atoms with Crippen molar-refractivity contribution in [1.82, 2.24) is 0 Å². The Labute approximate surface area is 142 Å². The second-order valence-electron chi connectivity index (χ2n) is 5.64. The third kappa shape index (κ3) is 3.55. The molecule has 2 heterocycles. The van der Waals surface area contributed by atoms with Crippen molar-refractivity contribution in [2.24, 2.45) is 0 Å². The molecule has 6 heteroatoms. The van der Waals surface area contributed by atoms with Gasteiger partial charge in [-0.3, -0.25) is 0 Å². The largest absolute Gasteiger partial charge is 0.494 e. The zero-order valence-electron chi connectivity index (χ0n) is 13.2. The molecule has 0 unspecified atom stereocenters. The molecule has 2 aromatic rings. The van der Waals surface area contributed by atoms with E-state index in [-0.39, 0.29) is 14.2 Å². The van der Waals surface area contributed by atoms with Crippen LogP contribution < -0.4 is 10.9 Å². The molecule has 2 fully saturated rings. The van der Waals surface area contributed by atoms with Crippen LogP contribution in [0.15, 0.2) is 48.5 Å². The van der Waals surface area contributed by atoms with Gasteiger partial charge in [0.1, 0.15) is 0 Å². The molecule has 118 valence electrons. The molecular formula is C18H16B2O4. The first-order chi connectivity index (χ1) is 11.9. The molecular weight excluding hydrogens is 302 g/mol. The lowest BCUT2D eigenvalue weighted by Gasteiger charge is -2.04. The average Bonchev–Trinajstić information content (AvgIpc) is 3.34. The molecule has 0 saturated carbocycles. The van der Waals surface area contributed by atoms with Crippen molar-refractivity contribution in [3.05, 3.63) is 59.7 Å². The summed E-state index contributed by atoms with van der Waals surface area (Å²) >= 11 is 0. The van der Waals surface area contributed by atoms with Crippen molar-refractivity contribution in [2.45, 2.75) is 0 Å². The average molecular weight is 318 g/mol. The third-order valence-corrected chi connectivity index (χ3v) is 3.96. The van der Waals surface area contributed by atoms with Crippen LogP contribution in [0.4, 0.5) is 0 Å². The molecule has 4 nitrogen and oxygen atoms in total. The van der Waals surface area contributed by atoms with Crippen molar-refractivity contribution < 1.29 is 18.6 Å². The first kappa shape index (κ1) is 15.5. The lowest BCUT2D eigenvalue weighted by atomic mass is 9.79. The smallest absolute Gasteiger partial charge is 0.405 e. The van der Waals surface area contributed by atoms with Crippen LogP contribution in [0.1, 0.15) is 11.1 Å². The van der Waals surface area contributed by atoms with E-state index in [2.05, 4.69) is 11.8 Å². The Morgan fingerprint density at radius 2 is 0.875 bits per heavy atom. The number of rotatable bonds is 2. The van der Waals surface area contributed by atoms with E-state index in [9.17, 15) is 0 Å². The zero-order valence-corrected chi connectivity index (χ0v) is 13.2. The highest BCUT2D eigenvalue weighted by Gasteiger charge is 2.26. The Hall–Kier alpha value is -2.03. The van der Waals surface area contributed by atoms with Crippen LogP contribution in [0.2, 0.25) is 0 Å². The second-order valence-corrected chi connectivity index (χ2v) is 5.64. The van der Waals surface area contributed by atoms with Gasteiger partial charge in [-0.05, 0) is 35.2 Å². The van der Waals surface area contributed by atoms with E-state index in [1.807, 2.05) is 48.5 Å². The van der Waals surface area contributed by atoms with E-state index in [0.717, 1.165) is 22.1 Å². The summed E-state index contributed by atoms with van der Waals surface area (Å²) in [6, 6.07) is 15.9. The molecule has 0 N–H and O–H groups in total. The van der Waals surface area contributed by atoms with Gasteiger partial charge in [-0.25, -0.2) is 0 Å². The van der Waals surface area contributed by atoms with Gasteiger partial charge in [-0.15, -0.1) is 0 Å². The highest BCUT2D eigenvalue weighted by atomic mass is 16.6. The van der Waals surface area contributed by atoms with Crippen LogP contribution in [0, 0.1) is 11.8 Å². The summed E-state index contributed by atoms with van der Waals surface area (Å²) in [6.45, 7) is 2.61. The van der Waals surface area contributed by atoms with E-state index in [4.69, 9.17) is 18.6 Å². The van der Waals surface area contributed by atoms with Crippen LogP contribution in [0.3, 0.4) is 0 Å². The molecule has 2 saturated heterocycles. The van der Waals surface area contributed by atoms with E-state index in [0.29, 0.717) is 26.4 Å². The fraction of sp³-hybridized carbons (Fsp3) is 0.222. The maximum absolute atomic E-state index is 5.48. The minimum Gasteiger partial charge on any atom is -0.405 e. The number of hydrogen-bond acceptors (Lipinski definition) is 4. The molecule has 0 bridgehead atoms. The fourth-order valence-corrected chi connectivity index (χ4v) is 2.69. The van der Waals surface area contributed by atoms with Crippen molar-refractivity contribution in [1.29, 1.82) is 0 Å². The number of hydrogen-bond donors (Lipinski definition) is 0. The van der Waals surface area contributed by atoms with Gasteiger partial charge >= 0.3 is 14.2 Å². The van der Waals surface area contributed by atoms with Gasteiger partial charge in [0, 0.05) is 11.1 Å². The van der Waals surface area contributed by atoms with Gasteiger partial charge in [0.2, 0.25) is 0 Å². The summed E-state index contributed by atoms with van der Waals surface area (Å²) < 4.78 is 21.9.